The molecule has 0 amide bonds. The van der Waals surface area contributed by atoms with Crippen molar-refractivity contribution in [2.75, 3.05) is 36.4 Å². The summed E-state index contributed by atoms with van der Waals surface area (Å²) < 4.78 is 13.7. The monoisotopic (exact) mass is 343 g/mol. The van der Waals surface area contributed by atoms with Gasteiger partial charge in [0.25, 0.3) is 0 Å². The predicted octanol–water partition coefficient (Wildman–Crippen LogP) is 2.31. The first-order chi connectivity index (χ1) is 12.0. The Labute approximate surface area is 146 Å². The normalized spacial score (nSPS) is 20.2. The van der Waals surface area contributed by atoms with E-state index in [0.717, 1.165) is 37.7 Å². The number of benzene rings is 1. The summed E-state index contributed by atoms with van der Waals surface area (Å²) in [7, 11) is 0. The fourth-order valence-electron chi connectivity index (χ4n) is 3.64. The lowest BCUT2D eigenvalue weighted by atomic mass is 10.0. The Morgan fingerprint density at radius 3 is 2.92 bits per heavy atom. The van der Waals surface area contributed by atoms with Gasteiger partial charge in [0.05, 0.1) is 17.4 Å². The summed E-state index contributed by atoms with van der Waals surface area (Å²) in [6.45, 7) is 8.17. The third kappa shape index (κ3) is 2.78. The first-order valence-corrected chi connectivity index (χ1v) is 8.64. The van der Waals surface area contributed by atoms with Gasteiger partial charge in [-0.3, -0.25) is 4.90 Å². The molecule has 6 nitrogen and oxygen atoms in total. The quantitative estimate of drug-likeness (QED) is 0.872. The van der Waals surface area contributed by atoms with Gasteiger partial charge in [-0.15, -0.1) is 10.2 Å². The Kier molecular flexibility index (Phi) is 3.95. The van der Waals surface area contributed by atoms with Crippen molar-refractivity contribution in [3.63, 3.8) is 0 Å². The van der Waals surface area contributed by atoms with Gasteiger partial charge in [0.2, 0.25) is 0 Å². The number of nitrogens with zero attached hydrogens (tertiary/aromatic N) is 4. The highest BCUT2D eigenvalue weighted by atomic mass is 19.1. The van der Waals surface area contributed by atoms with Crippen LogP contribution in [0.15, 0.2) is 24.3 Å². The molecule has 0 bridgehead atoms. The van der Waals surface area contributed by atoms with Crippen LogP contribution < -0.4 is 10.2 Å². The van der Waals surface area contributed by atoms with Gasteiger partial charge in [-0.25, -0.2) is 4.39 Å². The van der Waals surface area contributed by atoms with Gasteiger partial charge in [-0.2, -0.15) is 0 Å². The minimum Gasteiger partial charge on any atom is -0.504 e. The highest BCUT2D eigenvalue weighted by molar-refractivity contribution is 5.76. The Morgan fingerprint density at radius 1 is 1.28 bits per heavy atom. The Balaban J connectivity index is 1.69. The second kappa shape index (κ2) is 6.15. The number of anilines is 2. The number of halogens is 1. The molecule has 1 aromatic heterocycles. The zero-order valence-electron chi connectivity index (χ0n) is 14.4. The SMILES string of the molecule is CC(C)N1CCN2c3cc(-c4cccc(F)c4O)nnc3NC[C@H]2C1. The third-order valence-electron chi connectivity index (χ3n) is 5.10. The number of phenolic OH excluding ortho intramolecular Hbond substituents is 1. The summed E-state index contributed by atoms with van der Waals surface area (Å²) in [5, 5.41) is 21.8. The molecule has 2 aliphatic rings. The van der Waals surface area contributed by atoms with Crippen molar-refractivity contribution in [1.82, 2.24) is 15.1 Å². The second-order valence-electron chi connectivity index (χ2n) is 6.92. The molecular weight excluding hydrogens is 321 g/mol. The van der Waals surface area contributed by atoms with Crippen molar-refractivity contribution in [3.8, 4) is 17.0 Å². The molecule has 1 atom stereocenters. The number of nitrogens with one attached hydrogen (secondary N) is 1. The van der Waals surface area contributed by atoms with Gasteiger partial charge < -0.3 is 15.3 Å². The number of fused-ring (bicyclic) bond motifs is 3. The van der Waals surface area contributed by atoms with Crippen LogP contribution in [-0.2, 0) is 0 Å². The van der Waals surface area contributed by atoms with E-state index in [1.165, 1.54) is 6.07 Å². The van der Waals surface area contributed by atoms with E-state index in [1.54, 1.807) is 12.1 Å². The Bertz CT molecular complexity index is 797. The zero-order valence-corrected chi connectivity index (χ0v) is 14.4. The molecule has 2 aromatic rings. The molecule has 1 aromatic carbocycles. The van der Waals surface area contributed by atoms with E-state index in [9.17, 15) is 9.50 Å². The highest BCUT2D eigenvalue weighted by Gasteiger charge is 2.33. The predicted molar refractivity (Wildman–Crippen MR) is 95.4 cm³/mol. The van der Waals surface area contributed by atoms with Crippen molar-refractivity contribution in [2.45, 2.75) is 25.9 Å². The highest BCUT2D eigenvalue weighted by Crippen LogP contribution is 2.36. The molecule has 25 heavy (non-hydrogen) atoms. The van der Waals surface area contributed by atoms with E-state index in [-0.39, 0.29) is 5.75 Å². The van der Waals surface area contributed by atoms with Gasteiger partial charge in [0, 0.05) is 37.8 Å². The maximum absolute atomic E-state index is 13.7. The first-order valence-electron chi connectivity index (χ1n) is 8.64. The van der Waals surface area contributed by atoms with Gasteiger partial charge >= 0.3 is 0 Å². The maximum Gasteiger partial charge on any atom is 0.172 e. The van der Waals surface area contributed by atoms with Crippen LogP contribution in [0, 0.1) is 5.82 Å². The van der Waals surface area contributed by atoms with Crippen LogP contribution in [0.2, 0.25) is 0 Å². The summed E-state index contributed by atoms with van der Waals surface area (Å²) in [6, 6.07) is 7.22. The molecule has 2 N–H and O–H groups in total. The molecule has 0 unspecified atom stereocenters. The number of piperazine rings is 1. The standard InChI is InChI=1S/C18H22FN5O/c1-11(2)23-6-7-24-12(10-23)9-20-18-16(24)8-15(21-22-18)13-4-3-5-14(19)17(13)25/h3-5,8,11-12,25H,6-7,9-10H2,1-2H3,(H,20,22)/t12-/m0/s1. The molecule has 0 spiro atoms. The first kappa shape index (κ1) is 16.1. The minimum absolute atomic E-state index is 0.359. The van der Waals surface area contributed by atoms with E-state index < -0.39 is 5.82 Å². The molecule has 1 fully saturated rings. The maximum atomic E-state index is 13.7. The lowest BCUT2D eigenvalue weighted by Crippen LogP contribution is -2.59. The van der Waals surface area contributed by atoms with Gasteiger partial charge in [-0.05, 0) is 32.0 Å². The number of hydrogen-bond donors (Lipinski definition) is 2. The van der Waals surface area contributed by atoms with Crippen LogP contribution in [0.3, 0.4) is 0 Å². The Hall–Kier alpha value is -2.41. The molecule has 2 aliphatic heterocycles. The smallest absolute Gasteiger partial charge is 0.172 e. The van der Waals surface area contributed by atoms with E-state index in [1.807, 2.05) is 6.07 Å². The number of aromatic hydroxyl groups is 1. The summed E-state index contributed by atoms with van der Waals surface area (Å²) in [5.41, 5.74) is 1.80. The average Bonchev–Trinajstić information content (AvgIpc) is 2.63. The van der Waals surface area contributed by atoms with Crippen LogP contribution in [0.25, 0.3) is 11.3 Å². The average molecular weight is 343 g/mol. The number of phenols is 1. The molecule has 0 aliphatic carbocycles. The number of hydrogen-bond acceptors (Lipinski definition) is 6. The van der Waals surface area contributed by atoms with Crippen molar-refractivity contribution in [1.29, 1.82) is 0 Å². The van der Waals surface area contributed by atoms with Crippen molar-refractivity contribution in [3.05, 3.63) is 30.1 Å². The van der Waals surface area contributed by atoms with Crippen LogP contribution in [0.4, 0.5) is 15.9 Å². The van der Waals surface area contributed by atoms with Crippen molar-refractivity contribution < 1.29 is 9.50 Å². The van der Waals surface area contributed by atoms with Crippen LogP contribution in [0.5, 0.6) is 5.75 Å². The molecule has 1 saturated heterocycles. The summed E-state index contributed by atoms with van der Waals surface area (Å²) >= 11 is 0. The zero-order chi connectivity index (χ0) is 17.6. The molecule has 0 saturated carbocycles. The van der Waals surface area contributed by atoms with E-state index in [4.69, 9.17) is 0 Å². The van der Waals surface area contributed by atoms with Crippen molar-refractivity contribution in [2.24, 2.45) is 0 Å². The molecule has 7 heteroatoms. The van der Waals surface area contributed by atoms with Crippen LogP contribution >= 0.6 is 0 Å². The fraction of sp³-hybridized carbons (Fsp3) is 0.444. The van der Waals surface area contributed by atoms with Crippen LogP contribution in [0.1, 0.15) is 13.8 Å². The van der Waals surface area contributed by atoms with Gasteiger partial charge in [-0.1, -0.05) is 6.07 Å². The fourth-order valence-corrected chi connectivity index (χ4v) is 3.64. The largest absolute Gasteiger partial charge is 0.504 e. The molecule has 3 heterocycles. The van der Waals surface area contributed by atoms with Gasteiger partial charge in [0.15, 0.2) is 17.4 Å². The van der Waals surface area contributed by atoms with Crippen LogP contribution in [-0.4, -0.2) is 58.5 Å². The molecule has 4 rings (SSSR count). The van der Waals surface area contributed by atoms with E-state index in [0.29, 0.717) is 23.3 Å². The number of aromatic nitrogens is 2. The molecule has 0 radical (unpaired) electrons. The Morgan fingerprint density at radius 2 is 2.12 bits per heavy atom. The van der Waals surface area contributed by atoms with Crippen molar-refractivity contribution >= 4 is 11.5 Å². The lowest BCUT2D eigenvalue weighted by Gasteiger charge is -2.47. The minimum atomic E-state index is -0.654. The summed E-state index contributed by atoms with van der Waals surface area (Å²) in [5.74, 6) is -0.297. The topological polar surface area (TPSA) is 64.5 Å². The summed E-state index contributed by atoms with van der Waals surface area (Å²) in [6.07, 6.45) is 0. The van der Waals surface area contributed by atoms with Gasteiger partial charge in [0.1, 0.15) is 0 Å². The van der Waals surface area contributed by atoms with E-state index in [2.05, 4.69) is 39.2 Å². The molecule has 132 valence electrons. The van der Waals surface area contributed by atoms with E-state index >= 15 is 0 Å². The second-order valence-corrected chi connectivity index (χ2v) is 6.92. The third-order valence-corrected chi connectivity index (χ3v) is 5.10. The number of para-hydroxylation sites is 1. The summed E-state index contributed by atoms with van der Waals surface area (Å²) in [4.78, 5) is 4.82. The lowest BCUT2D eigenvalue weighted by molar-refractivity contribution is 0.182. The molecular formula is C18H22FN5O. The number of rotatable bonds is 2.